The van der Waals surface area contributed by atoms with Gasteiger partial charge in [-0.05, 0) is 36.4 Å². The first kappa shape index (κ1) is 13.1. The van der Waals surface area contributed by atoms with Gasteiger partial charge in [-0.3, -0.25) is 0 Å². The van der Waals surface area contributed by atoms with Crippen LogP contribution in [0, 0.1) is 0 Å². The van der Waals surface area contributed by atoms with Crippen molar-refractivity contribution in [2.24, 2.45) is 5.84 Å². The summed E-state index contributed by atoms with van der Waals surface area (Å²) in [7, 11) is 4.05. The standard InChI is InChI=1S/C9H16BrN5O/c1-15(2)4-3-5-16-9-7(10)8(14-11)12-6-13-9/h6H,3-5,11H2,1-2H3,(H,12,13,14). The molecule has 0 aliphatic rings. The number of hydrogen-bond donors (Lipinski definition) is 2. The van der Waals surface area contributed by atoms with E-state index in [1.807, 2.05) is 14.1 Å². The van der Waals surface area contributed by atoms with Crippen molar-refractivity contribution in [3.05, 3.63) is 10.8 Å². The predicted octanol–water partition coefficient (Wildman–Crippen LogP) is 0.855. The number of hydrogen-bond acceptors (Lipinski definition) is 6. The smallest absolute Gasteiger partial charge is 0.233 e. The first-order valence-corrected chi connectivity index (χ1v) is 5.69. The summed E-state index contributed by atoms with van der Waals surface area (Å²) in [6.45, 7) is 1.59. The van der Waals surface area contributed by atoms with Gasteiger partial charge in [0.2, 0.25) is 5.88 Å². The second-order valence-corrected chi connectivity index (χ2v) is 4.28. The van der Waals surface area contributed by atoms with Crippen LogP contribution in [0.4, 0.5) is 5.82 Å². The van der Waals surface area contributed by atoms with Crippen molar-refractivity contribution in [1.82, 2.24) is 14.9 Å². The van der Waals surface area contributed by atoms with E-state index in [0.29, 0.717) is 22.8 Å². The van der Waals surface area contributed by atoms with Crippen LogP contribution in [-0.4, -0.2) is 42.1 Å². The number of halogens is 1. The number of nitrogens with two attached hydrogens (primary N) is 1. The molecule has 0 aromatic carbocycles. The number of aromatic nitrogens is 2. The van der Waals surface area contributed by atoms with Crippen LogP contribution in [0.25, 0.3) is 0 Å². The Labute approximate surface area is 103 Å². The Bertz CT molecular complexity index is 334. The molecule has 0 fully saturated rings. The number of anilines is 1. The van der Waals surface area contributed by atoms with Crippen molar-refractivity contribution in [3.63, 3.8) is 0 Å². The van der Waals surface area contributed by atoms with Crippen molar-refractivity contribution in [2.75, 3.05) is 32.7 Å². The van der Waals surface area contributed by atoms with Gasteiger partial charge in [-0.25, -0.2) is 15.8 Å². The van der Waals surface area contributed by atoms with Crippen LogP contribution in [0.3, 0.4) is 0 Å². The summed E-state index contributed by atoms with van der Waals surface area (Å²) in [5.41, 5.74) is 2.46. The molecule has 0 spiro atoms. The van der Waals surface area contributed by atoms with Crippen LogP contribution < -0.4 is 16.0 Å². The maximum atomic E-state index is 5.51. The molecule has 1 aromatic heterocycles. The van der Waals surface area contributed by atoms with Crippen LogP contribution in [-0.2, 0) is 0 Å². The van der Waals surface area contributed by atoms with Crippen LogP contribution in [0.2, 0.25) is 0 Å². The monoisotopic (exact) mass is 289 g/mol. The minimum Gasteiger partial charge on any atom is -0.477 e. The minimum absolute atomic E-state index is 0.502. The topological polar surface area (TPSA) is 76.3 Å². The van der Waals surface area contributed by atoms with E-state index in [0.717, 1.165) is 13.0 Å². The summed E-state index contributed by atoms with van der Waals surface area (Å²) in [5.74, 6) is 6.29. The minimum atomic E-state index is 0.502. The Kier molecular flexibility index (Phi) is 5.44. The number of nitrogens with zero attached hydrogens (tertiary/aromatic N) is 3. The Balaban J connectivity index is 2.47. The van der Waals surface area contributed by atoms with E-state index in [9.17, 15) is 0 Å². The molecule has 0 saturated heterocycles. The first-order chi connectivity index (χ1) is 7.65. The zero-order valence-electron chi connectivity index (χ0n) is 9.40. The molecule has 1 aromatic rings. The highest BCUT2D eigenvalue weighted by Gasteiger charge is 2.08. The van der Waals surface area contributed by atoms with Gasteiger partial charge in [0.1, 0.15) is 10.8 Å². The number of nitrogen functional groups attached to an aromatic ring is 1. The molecule has 0 radical (unpaired) electrons. The van der Waals surface area contributed by atoms with Crippen molar-refractivity contribution in [1.29, 1.82) is 0 Å². The van der Waals surface area contributed by atoms with Gasteiger partial charge in [-0.1, -0.05) is 0 Å². The lowest BCUT2D eigenvalue weighted by molar-refractivity contribution is 0.271. The summed E-state index contributed by atoms with van der Waals surface area (Å²) in [4.78, 5) is 10.0. The Morgan fingerprint density at radius 3 is 2.88 bits per heavy atom. The molecule has 3 N–H and O–H groups in total. The average molecular weight is 290 g/mol. The molecule has 0 saturated carbocycles. The molecule has 0 atom stereocenters. The molecule has 1 heterocycles. The molecule has 6 nitrogen and oxygen atoms in total. The molecular weight excluding hydrogens is 274 g/mol. The lowest BCUT2D eigenvalue weighted by Crippen LogP contribution is -2.16. The molecule has 16 heavy (non-hydrogen) atoms. The van der Waals surface area contributed by atoms with E-state index in [2.05, 4.69) is 36.2 Å². The normalized spacial score (nSPS) is 10.6. The number of rotatable bonds is 6. The Morgan fingerprint density at radius 2 is 2.25 bits per heavy atom. The summed E-state index contributed by atoms with van der Waals surface area (Å²) in [5, 5.41) is 0. The summed E-state index contributed by atoms with van der Waals surface area (Å²) in [6, 6.07) is 0. The predicted molar refractivity (Wildman–Crippen MR) is 66.2 cm³/mol. The van der Waals surface area contributed by atoms with Crippen LogP contribution >= 0.6 is 15.9 Å². The number of hydrazine groups is 1. The highest BCUT2D eigenvalue weighted by molar-refractivity contribution is 9.10. The highest BCUT2D eigenvalue weighted by Crippen LogP contribution is 2.27. The number of ether oxygens (including phenoxy) is 1. The largest absolute Gasteiger partial charge is 0.477 e. The van der Waals surface area contributed by atoms with Gasteiger partial charge >= 0.3 is 0 Å². The third-order valence-corrected chi connectivity index (χ3v) is 2.60. The maximum absolute atomic E-state index is 5.51. The fourth-order valence-corrected chi connectivity index (χ4v) is 1.54. The van der Waals surface area contributed by atoms with Gasteiger partial charge in [0.25, 0.3) is 0 Å². The van der Waals surface area contributed by atoms with E-state index in [1.54, 1.807) is 0 Å². The van der Waals surface area contributed by atoms with Crippen molar-refractivity contribution in [3.8, 4) is 5.88 Å². The quantitative estimate of drug-likeness (QED) is 0.459. The lowest BCUT2D eigenvalue weighted by atomic mass is 10.4. The van der Waals surface area contributed by atoms with Crippen LogP contribution in [0.15, 0.2) is 10.8 Å². The fourth-order valence-electron chi connectivity index (χ4n) is 1.10. The van der Waals surface area contributed by atoms with Crippen LogP contribution in [0.1, 0.15) is 6.42 Å². The molecule has 0 bridgehead atoms. The third kappa shape index (κ3) is 3.92. The average Bonchev–Trinajstić information content (AvgIpc) is 2.26. The van der Waals surface area contributed by atoms with Crippen molar-refractivity contribution in [2.45, 2.75) is 6.42 Å². The fraction of sp³-hybridized carbons (Fsp3) is 0.556. The molecule has 1 rings (SSSR count). The van der Waals surface area contributed by atoms with Gasteiger partial charge < -0.3 is 15.1 Å². The zero-order chi connectivity index (χ0) is 12.0. The molecule has 0 aliphatic heterocycles. The van der Waals surface area contributed by atoms with E-state index >= 15 is 0 Å². The van der Waals surface area contributed by atoms with Gasteiger partial charge in [-0.2, -0.15) is 0 Å². The van der Waals surface area contributed by atoms with E-state index in [1.165, 1.54) is 6.33 Å². The van der Waals surface area contributed by atoms with Gasteiger partial charge in [0.05, 0.1) is 6.61 Å². The Hall–Kier alpha value is -0.920. The zero-order valence-corrected chi connectivity index (χ0v) is 11.0. The highest BCUT2D eigenvalue weighted by atomic mass is 79.9. The van der Waals surface area contributed by atoms with Crippen molar-refractivity contribution < 1.29 is 4.74 Å². The first-order valence-electron chi connectivity index (χ1n) is 4.89. The van der Waals surface area contributed by atoms with Gasteiger partial charge in [-0.15, -0.1) is 0 Å². The van der Waals surface area contributed by atoms with Crippen molar-refractivity contribution >= 4 is 21.7 Å². The SMILES string of the molecule is CN(C)CCCOc1ncnc(NN)c1Br. The van der Waals surface area contributed by atoms with E-state index < -0.39 is 0 Å². The number of nitrogens with one attached hydrogen (secondary N) is 1. The Morgan fingerprint density at radius 1 is 1.50 bits per heavy atom. The lowest BCUT2D eigenvalue weighted by Gasteiger charge is -2.11. The van der Waals surface area contributed by atoms with Gasteiger partial charge in [0, 0.05) is 6.54 Å². The van der Waals surface area contributed by atoms with Crippen LogP contribution in [0.5, 0.6) is 5.88 Å². The summed E-state index contributed by atoms with van der Waals surface area (Å²) in [6.07, 6.45) is 2.34. The molecule has 0 amide bonds. The molecule has 90 valence electrons. The van der Waals surface area contributed by atoms with Gasteiger partial charge in [0.15, 0.2) is 5.82 Å². The maximum Gasteiger partial charge on any atom is 0.233 e. The molecule has 0 unspecified atom stereocenters. The van der Waals surface area contributed by atoms with E-state index in [4.69, 9.17) is 10.6 Å². The summed E-state index contributed by atoms with van der Waals surface area (Å²) < 4.78 is 6.15. The van der Waals surface area contributed by atoms with E-state index in [-0.39, 0.29) is 0 Å². The molecule has 0 aliphatic carbocycles. The third-order valence-electron chi connectivity index (χ3n) is 1.88. The molecule has 7 heteroatoms. The summed E-state index contributed by atoms with van der Waals surface area (Å²) >= 11 is 3.32. The molecular formula is C9H16BrN5O. The second kappa shape index (κ2) is 6.62. The second-order valence-electron chi connectivity index (χ2n) is 3.49.